The molecule has 1 aliphatic rings. The first-order valence-electron chi connectivity index (χ1n) is 5.65. The van der Waals surface area contributed by atoms with Crippen LogP contribution in [0.15, 0.2) is 20.6 Å². The van der Waals surface area contributed by atoms with Crippen molar-refractivity contribution in [2.24, 2.45) is 5.92 Å². The van der Waals surface area contributed by atoms with Gasteiger partial charge in [-0.1, -0.05) is 0 Å². The summed E-state index contributed by atoms with van der Waals surface area (Å²) in [6, 6.07) is 0. The normalized spacial score (nSPS) is 20.1. The predicted octanol–water partition coefficient (Wildman–Crippen LogP) is 4.48. The van der Waals surface area contributed by atoms with Gasteiger partial charge in [0.1, 0.15) is 0 Å². The third-order valence-corrected chi connectivity index (χ3v) is 6.26. The van der Waals surface area contributed by atoms with Gasteiger partial charge in [0.2, 0.25) is 0 Å². The van der Waals surface area contributed by atoms with Crippen molar-refractivity contribution in [1.29, 1.82) is 0 Å². The molecule has 0 amide bonds. The van der Waals surface area contributed by atoms with E-state index < -0.39 is 0 Å². The van der Waals surface area contributed by atoms with Gasteiger partial charge in [-0.2, -0.15) is 0 Å². The van der Waals surface area contributed by atoms with Crippen LogP contribution in [0, 0.1) is 5.92 Å². The zero-order valence-electron chi connectivity index (χ0n) is 11.9. The first-order chi connectivity index (χ1) is 6.74. The first kappa shape index (κ1) is 20.1. The standard InChI is InChI=1S/C9H13.C4H10N.2ClH.Ti/c1-6-5-7(2)9(4)8(6)3;1-4(2,3)5;;;/h6H,1-4H3;5H,1-3H3;2*1H;/q;-1;;;+1. The van der Waals surface area contributed by atoms with Crippen LogP contribution in [0.1, 0.15) is 48.5 Å². The maximum Gasteiger partial charge on any atom is -0.147 e. The zero-order chi connectivity index (χ0) is 11.8. The summed E-state index contributed by atoms with van der Waals surface area (Å²) in [7, 11) is 0. The molecular formula is C13H25Cl2NTi. The van der Waals surface area contributed by atoms with Crippen molar-refractivity contribution in [2.45, 2.75) is 54.0 Å². The first-order valence-corrected chi connectivity index (χ1v) is 7.22. The molecule has 1 nitrogen and oxygen atoms in total. The largest absolute Gasteiger partial charge is 0.147 e. The molecule has 0 aromatic heterocycles. The summed E-state index contributed by atoms with van der Waals surface area (Å²) < 4.78 is 5.40. The third-order valence-electron chi connectivity index (χ3n) is 3.21. The molecule has 0 aliphatic heterocycles. The quantitative estimate of drug-likeness (QED) is 0.741. The average Bonchev–Trinajstić information content (AvgIpc) is 2.28. The number of hydrogen-bond donors (Lipinski definition) is 1. The number of allylic oxidation sites excluding steroid dienone is 4. The van der Waals surface area contributed by atoms with Gasteiger partial charge in [-0.25, -0.2) is 0 Å². The van der Waals surface area contributed by atoms with Crippen molar-refractivity contribution in [3.8, 4) is 0 Å². The van der Waals surface area contributed by atoms with Gasteiger partial charge in [-0.05, 0) is 0 Å². The molecule has 0 saturated carbocycles. The van der Waals surface area contributed by atoms with Gasteiger partial charge >= 0.3 is 104 Å². The number of rotatable bonds is 2. The van der Waals surface area contributed by atoms with E-state index in [2.05, 4.69) is 52.3 Å². The van der Waals surface area contributed by atoms with Crippen LogP contribution in [0.2, 0.25) is 0 Å². The molecule has 0 aromatic rings. The molecule has 4 heteroatoms. The van der Waals surface area contributed by atoms with Crippen molar-refractivity contribution >= 4 is 24.8 Å². The third kappa shape index (κ3) is 5.08. The fourth-order valence-electron chi connectivity index (χ4n) is 1.82. The van der Waals surface area contributed by atoms with E-state index in [1.165, 1.54) is 5.57 Å². The molecule has 1 rings (SSSR count). The molecular weight excluding hydrogens is 289 g/mol. The van der Waals surface area contributed by atoms with Crippen LogP contribution >= 0.6 is 24.8 Å². The van der Waals surface area contributed by atoms with E-state index in [1.54, 1.807) is 15.0 Å². The maximum absolute atomic E-state index is 3.71. The molecule has 1 atom stereocenters. The SMILES string of the molecule is CC1=C(C)C(C)[C]([Ti][NH]C(C)(C)C)=C1C.Cl.Cl. The number of hydrogen-bond acceptors (Lipinski definition) is 1. The van der Waals surface area contributed by atoms with Gasteiger partial charge in [0.05, 0.1) is 0 Å². The molecule has 0 fully saturated rings. The van der Waals surface area contributed by atoms with Crippen molar-refractivity contribution in [1.82, 2.24) is 3.80 Å². The van der Waals surface area contributed by atoms with Crippen molar-refractivity contribution in [2.75, 3.05) is 0 Å². The summed E-state index contributed by atoms with van der Waals surface area (Å²) >= 11 is -0.156. The Morgan fingerprint density at radius 2 is 1.47 bits per heavy atom. The molecule has 0 spiro atoms. The summed E-state index contributed by atoms with van der Waals surface area (Å²) in [5, 5.41) is 0. The van der Waals surface area contributed by atoms with Gasteiger partial charge < -0.3 is 0 Å². The number of nitrogens with one attached hydrogen (secondary N) is 1. The minimum absolute atomic E-state index is 0. The topological polar surface area (TPSA) is 12.0 Å². The minimum Gasteiger partial charge on any atom is -0.147 e. The van der Waals surface area contributed by atoms with Crippen LogP contribution in [0.5, 0.6) is 0 Å². The van der Waals surface area contributed by atoms with E-state index >= 15 is 0 Å². The zero-order valence-corrected chi connectivity index (χ0v) is 15.1. The Bertz CT molecular complexity index is 327. The van der Waals surface area contributed by atoms with Gasteiger partial charge in [-0.3, -0.25) is 0 Å². The van der Waals surface area contributed by atoms with Crippen LogP contribution in [-0.4, -0.2) is 5.54 Å². The molecule has 0 aromatic carbocycles. The van der Waals surface area contributed by atoms with Gasteiger partial charge in [-0.15, -0.1) is 24.8 Å². The van der Waals surface area contributed by atoms with Crippen LogP contribution < -0.4 is 3.80 Å². The van der Waals surface area contributed by atoms with Crippen molar-refractivity contribution in [3.63, 3.8) is 0 Å². The van der Waals surface area contributed by atoms with Gasteiger partial charge in [0.25, 0.3) is 0 Å². The Morgan fingerprint density at radius 1 is 1.00 bits per heavy atom. The van der Waals surface area contributed by atoms with Gasteiger partial charge in [0.15, 0.2) is 0 Å². The summed E-state index contributed by atoms with van der Waals surface area (Å²) in [5.41, 5.74) is 4.91. The molecule has 1 unspecified atom stereocenters. The molecule has 1 N–H and O–H groups in total. The van der Waals surface area contributed by atoms with Crippen molar-refractivity contribution in [3.05, 3.63) is 20.6 Å². The number of halogens is 2. The predicted molar refractivity (Wildman–Crippen MR) is 77.6 cm³/mol. The smallest absolute Gasteiger partial charge is 0.147 e. The minimum atomic E-state index is -0.156. The van der Waals surface area contributed by atoms with E-state index in [0.29, 0.717) is 5.92 Å². The second kappa shape index (κ2) is 7.35. The summed E-state index contributed by atoms with van der Waals surface area (Å²) in [4.78, 5) is 0. The average molecular weight is 314 g/mol. The molecule has 100 valence electrons. The molecule has 0 radical (unpaired) electrons. The Kier molecular flexibility index (Phi) is 8.68. The van der Waals surface area contributed by atoms with Crippen LogP contribution in [0.4, 0.5) is 0 Å². The van der Waals surface area contributed by atoms with Crippen LogP contribution in [0.25, 0.3) is 0 Å². The van der Waals surface area contributed by atoms with E-state index in [4.69, 9.17) is 0 Å². The Morgan fingerprint density at radius 3 is 1.76 bits per heavy atom. The Balaban J connectivity index is 0. The van der Waals surface area contributed by atoms with Crippen LogP contribution in [0.3, 0.4) is 0 Å². The monoisotopic (exact) mass is 313 g/mol. The fraction of sp³-hybridized carbons (Fsp3) is 0.692. The van der Waals surface area contributed by atoms with E-state index in [0.717, 1.165) is 0 Å². The van der Waals surface area contributed by atoms with Crippen molar-refractivity contribution < 1.29 is 19.4 Å². The fourth-order valence-corrected chi connectivity index (χ4v) is 3.88. The second-order valence-corrected chi connectivity index (χ2v) is 7.19. The Labute approximate surface area is 128 Å². The molecule has 0 bridgehead atoms. The summed E-state index contributed by atoms with van der Waals surface area (Å²) in [5.74, 6) is 0.680. The van der Waals surface area contributed by atoms with E-state index in [-0.39, 0.29) is 49.8 Å². The molecule has 0 heterocycles. The molecule has 1 aliphatic carbocycles. The van der Waals surface area contributed by atoms with Gasteiger partial charge in [0, 0.05) is 0 Å². The van der Waals surface area contributed by atoms with E-state index in [1.807, 2.05) is 0 Å². The van der Waals surface area contributed by atoms with Crippen LogP contribution in [-0.2, 0) is 19.4 Å². The maximum atomic E-state index is 3.71. The molecule has 17 heavy (non-hydrogen) atoms. The Hall–Kier alpha value is 0.734. The molecule has 0 saturated heterocycles. The second-order valence-electron chi connectivity index (χ2n) is 5.57. The summed E-state index contributed by atoms with van der Waals surface area (Å²) in [6.45, 7) is 15.9. The summed E-state index contributed by atoms with van der Waals surface area (Å²) in [6.07, 6.45) is 0. The van der Waals surface area contributed by atoms with E-state index in [9.17, 15) is 0 Å².